The highest BCUT2D eigenvalue weighted by atomic mass is 16.5. The second-order valence-corrected chi connectivity index (χ2v) is 6.62. The van der Waals surface area contributed by atoms with Gasteiger partial charge in [0.15, 0.2) is 0 Å². The second-order valence-electron chi connectivity index (χ2n) is 6.62. The molecule has 27 heavy (non-hydrogen) atoms. The Morgan fingerprint density at radius 1 is 1.04 bits per heavy atom. The van der Waals surface area contributed by atoms with Gasteiger partial charge in [0.1, 0.15) is 5.75 Å². The van der Waals surface area contributed by atoms with Gasteiger partial charge in [0.2, 0.25) is 0 Å². The summed E-state index contributed by atoms with van der Waals surface area (Å²) in [5.41, 5.74) is 2.78. The fourth-order valence-corrected chi connectivity index (χ4v) is 2.72. The molecule has 0 aliphatic heterocycles. The molecular weight excluding hydrogens is 342 g/mol. The van der Waals surface area contributed by atoms with Crippen LogP contribution in [0.25, 0.3) is 0 Å². The summed E-state index contributed by atoms with van der Waals surface area (Å²) in [7, 11) is 1.58. The number of nitrogens with one attached hydrogen (secondary N) is 3. The van der Waals surface area contributed by atoms with E-state index in [1.807, 2.05) is 45.0 Å². The Labute approximate surface area is 160 Å². The molecule has 2 aromatic carbocycles. The van der Waals surface area contributed by atoms with Crippen molar-refractivity contribution < 1.29 is 14.3 Å². The number of carbonyl (C=O) groups excluding carboxylic acids is 2. The molecule has 2 aromatic rings. The largest absolute Gasteiger partial charge is 0.491 e. The van der Waals surface area contributed by atoms with Crippen LogP contribution in [0.5, 0.6) is 5.75 Å². The van der Waals surface area contributed by atoms with Gasteiger partial charge in [0, 0.05) is 18.3 Å². The van der Waals surface area contributed by atoms with E-state index in [4.69, 9.17) is 4.74 Å². The highest BCUT2D eigenvalue weighted by molar-refractivity contribution is 5.98. The average molecular weight is 369 g/mol. The number of rotatable bonds is 6. The lowest BCUT2D eigenvalue weighted by Crippen LogP contribution is -2.31. The minimum Gasteiger partial charge on any atom is -0.491 e. The first-order valence-corrected chi connectivity index (χ1v) is 8.97. The molecule has 0 radical (unpaired) electrons. The molecule has 3 N–H and O–H groups in total. The molecule has 2 rings (SSSR count). The van der Waals surface area contributed by atoms with Crippen LogP contribution in [0.3, 0.4) is 0 Å². The summed E-state index contributed by atoms with van der Waals surface area (Å²) in [5, 5.41) is 8.32. The molecule has 0 heterocycles. The van der Waals surface area contributed by atoms with E-state index >= 15 is 0 Å². The zero-order valence-corrected chi connectivity index (χ0v) is 16.4. The van der Waals surface area contributed by atoms with Crippen LogP contribution in [-0.2, 0) is 0 Å². The molecular formula is C21H27N3O3. The predicted molar refractivity (Wildman–Crippen MR) is 107 cm³/mol. The molecule has 0 aliphatic carbocycles. The third-order valence-corrected chi connectivity index (χ3v) is 4.13. The first-order valence-electron chi connectivity index (χ1n) is 8.97. The minimum atomic E-state index is -0.338. The van der Waals surface area contributed by atoms with Crippen molar-refractivity contribution in [2.45, 2.75) is 39.8 Å². The number of amides is 3. The molecule has 1 unspecified atom stereocenters. The Hall–Kier alpha value is -3.02. The third-order valence-electron chi connectivity index (χ3n) is 4.13. The highest BCUT2D eigenvalue weighted by Gasteiger charge is 2.14. The Morgan fingerprint density at radius 2 is 1.74 bits per heavy atom. The van der Waals surface area contributed by atoms with E-state index in [1.54, 1.807) is 32.2 Å². The number of ether oxygens (including phenoxy) is 1. The molecule has 6 heteroatoms. The molecule has 0 saturated heterocycles. The molecule has 144 valence electrons. The van der Waals surface area contributed by atoms with Gasteiger partial charge in [-0.25, -0.2) is 4.79 Å². The van der Waals surface area contributed by atoms with Crippen molar-refractivity contribution in [1.82, 2.24) is 10.6 Å². The smallest absolute Gasteiger partial charge is 0.319 e. The van der Waals surface area contributed by atoms with Gasteiger partial charge in [0.05, 0.1) is 12.1 Å². The first kappa shape index (κ1) is 20.3. The van der Waals surface area contributed by atoms with Gasteiger partial charge in [-0.1, -0.05) is 18.2 Å². The zero-order valence-electron chi connectivity index (χ0n) is 16.4. The number of urea groups is 1. The number of benzene rings is 2. The zero-order chi connectivity index (χ0) is 20.0. The highest BCUT2D eigenvalue weighted by Crippen LogP contribution is 2.21. The summed E-state index contributed by atoms with van der Waals surface area (Å²) in [6.07, 6.45) is 0.0855. The van der Waals surface area contributed by atoms with Crippen LogP contribution < -0.4 is 20.7 Å². The third kappa shape index (κ3) is 5.48. The van der Waals surface area contributed by atoms with Crippen molar-refractivity contribution in [2.75, 3.05) is 12.4 Å². The Bertz CT molecular complexity index is 818. The quantitative estimate of drug-likeness (QED) is 0.719. The van der Waals surface area contributed by atoms with Crippen molar-refractivity contribution in [3.05, 3.63) is 59.2 Å². The van der Waals surface area contributed by atoms with Gasteiger partial charge in [0.25, 0.3) is 5.91 Å². The summed E-state index contributed by atoms with van der Waals surface area (Å²) in [6.45, 7) is 7.65. The van der Waals surface area contributed by atoms with Crippen LogP contribution in [0.2, 0.25) is 0 Å². The number of anilines is 1. The monoisotopic (exact) mass is 369 g/mol. The average Bonchev–Trinajstić information content (AvgIpc) is 2.62. The van der Waals surface area contributed by atoms with E-state index in [9.17, 15) is 9.59 Å². The molecule has 1 atom stereocenters. The van der Waals surface area contributed by atoms with Gasteiger partial charge in [-0.3, -0.25) is 4.79 Å². The standard InChI is InChI=1S/C21H27N3O3/c1-13(2)27-17-9-6-8-16(12-17)15(4)23-21(26)24-19-11-7-10-18(14(19)3)20(25)22-5/h6-13,15H,1-5H3,(H,22,25)(H2,23,24,26). The molecule has 3 amide bonds. The summed E-state index contributed by atoms with van der Waals surface area (Å²) < 4.78 is 5.70. The van der Waals surface area contributed by atoms with Gasteiger partial charge < -0.3 is 20.7 Å². The fraction of sp³-hybridized carbons (Fsp3) is 0.333. The molecule has 0 bridgehead atoms. The topological polar surface area (TPSA) is 79.5 Å². The maximum absolute atomic E-state index is 12.4. The Morgan fingerprint density at radius 3 is 2.41 bits per heavy atom. The molecule has 0 spiro atoms. The Balaban J connectivity index is 2.07. The minimum absolute atomic E-state index is 0.0855. The van der Waals surface area contributed by atoms with E-state index in [2.05, 4.69) is 16.0 Å². The van der Waals surface area contributed by atoms with Crippen LogP contribution >= 0.6 is 0 Å². The van der Waals surface area contributed by atoms with Gasteiger partial charge >= 0.3 is 6.03 Å². The maximum Gasteiger partial charge on any atom is 0.319 e. The summed E-state index contributed by atoms with van der Waals surface area (Å²) >= 11 is 0. The molecule has 0 aromatic heterocycles. The lowest BCUT2D eigenvalue weighted by Gasteiger charge is -2.18. The lowest BCUT2D eigenvalue weighted by molar-refractivity contribution is 0.0962. The van der Waals surface area contributed by atoms with Gasteiger partial charge in [-0.2, -0.15) is 0 Å². The summed E-state index contributed by atoms with van der Waals surface area (Å²) in [5.74, 6) is 0.581. The van der Waals surface area contributed by atoms with Gasteiger partial charge in [-0.05, 0) is 63.1 Å². The van der Waals surface area contributed by atoms with Crippen molar-refractivity contribution in [2.24, 2.45) is 0 Å². The van der Waals surface area contributed by atoms with E-state index in [-0.39, 0.29) is 24.1 Å². The summed E-state index contributed by atoms with van der Waals surface area (Å²) in [4.78, 5) is 24.3. The molecule has 0 aliphatic rings. The number of carbonyl (C=O) groups is 2. The fourth-order valence-electron chi connectivity index (χ4n) is 2.72. The maximum atomic E-state index is 12.4. The number of hydrogen-bond donors (Lipinski definition) is 3. The van der Waals surface area contributed by atoms with Crippen LogP contribution in [0.4, 0.5) is 10.5 Å². The van der Waals surface area contributed by atoms with Crippen LogP contribution in [0.15, 0.2) is 42.5 Å². The van der Waals surface area contributed by atoms with Crippen LogP contribution in [-0.4, -0.2) is 25.1 Å². The second kappa shape index (κ2) is 9.07. The van der Waals surface area contributed by atoms with Crippen LogP contribution in [0, 0.1) is 6.92 Å². The lowest BCUT2D eigenvalue weighted by atomic mass is 10.1. The molecule has 6 nitrogen and oxygen atoms in total. The number of hydrogen-bond acceptors (Lipinski definition) is 3. The van der Waals surface area contributed by atoms with E-state index in [0.717, 1.165) is 11.3 Å². The Kier molecular flexibility index (Phi) is 6.82. The van der Waals surface area contributed by atoms with Crippen LogP contribution in [0.1, 0.15) is 48.3 Å². The van der Waals surface area contributed by atoms with E-state index in [1.165, 1.54) is 0 Å². The molecule has 0 saturated carbocycles. The van der Waals surface area contributed by atoms with Crippen molar-refractivity contribution in [1.29, 1.82) is 0 Å². The normalized spacial score (nSPS) is 11.6. The SMILES string of the molecule is CNC(=O)c1cccc(NC(=O)NC(C)c2cccc(OC(C)C)c2)c1C. The summed E-state index contributed by atoms with van der Waals surface area (Å²) in [6, 6.07) is 12.3. The van der Waals surface area contributed by atoms with E-state index in [0.29, 0.717) is 16.8 Å². The first-order chi connectivity index (χ1) is 12.8. The van der Waals surface area contributed by atoms with Gasteiger partial charge in [-0.15, -0.1) is 0 Å². The van der Waals surface area contributed by atoms with Crippen molar-refractivity contribution >= 4 is 17.6 Å². The van der Waals surface area contributed by atoms with Crippen molar-refractivity contribution in [3.63, 3.8) is 0 Å². The van der Waals surface area contributed by atoms with Crippen molar-refractivity contribution in [3.8, 4) is 5.75 Å². The predicted octanol–water partition coefficient (Wildman–Crippen LogP) is 4.02. The molecule has 0 fully saturated rings. The van der Waals surface area contributed by atoms with E-state index < -0.39 is 0 Å².